The fourth-order valence-electron chi connectivity index (χ4n) is 1.15. The molecule has 0 fully saturated rings. The second-order valence-electron chi connectivity index (χ2n) is 2.97. The minimum Gasteiger partial charge on any atom is -0.469 e. The molecule has 0 amide bonds. The number of hydrogen-bond donors (Lipinski definition) is 0. The highest BCUT2D eigenvalue weighted by Gasteiger charge is 2.10. The lowest BCUT2D eigenvalue weighted by Gasteiger charge is -2.06. The van der Waals surface area contributed by atoms with E-state index in [4.69, 9.17) is 11.6 Å². The van der Waals surface area contributed by atoms with E-state index in [1.807, 2.05) is 19.1 Å². The van der Waals surface area contributed by atoms with Gasteiger partial charge >= 0.3 is 5.97 Å². The van der Waals surface area contributed by atoms with Gasteiger partial charge in [-0.3, -0.25) is 4.79 Å². The third kappa shape index (κ3) is 2.72. The average Bonchev–Trinajstić information content (AvgIpc) is 2.13. The van der Waals surface area contributed by atoms with E-state index < -0.39 is 0 Å². The lowest BCUT2D eigenvalue weighted by Crippen LogP contribution is -2.05. The number of aryl methyl sites for hydroxylation is 1. The molecule has 1 rings (SSSR count). The molecular formula is C10H10BrClO2. The number of carbonyl (C=O) groups is 1. The van der Waals surface area contributed by atoms with E-state index in [1.165, 1.54) is 7.11 Å². The molecular weight excluding hydrogens is 267 g/mol. The Balaban J connectivity index is 3.02. The zero-order valence-corrected chi connectivity index (χ0v) is 10.3. The molecule has 0 heterocycles. The zero-order valence-electron chi connectivity index (χ0n) is 7.93. The van der Waals surface area contributed by atoms with Crippen LogP contribution in [0.2, 0.25) is 5.02 Å². The van der Waals surface area contributed by atoms with E-state index >= 15 is 0 Å². The van der Waals surface area contributed by atoms with Gasteiger partial charge in [-0.15, -0.1) is 0 Å². The summed E-state index contributed by atoms with van der Waals surface area (Å²) in [7, 11) is 1.36. The average molecular weight is 278 g/mol. The van der Waals surface area contributed by atoms with Crippen LogP contribution >= 0.6 is 27.5 Å². The maximum Gasteiger partial charge on any atom is 0.310 e. The van der Waals surface area contributed by atoms with E-state index in [1.54, 1.807) is 0 Å². The smallest absolute Gasteiger partial charge is 0.310 e. The first-order valence-electron chi connectivity index (χ1n) is 4.06. The minimum absolute atomic E-state index is 0.204. The van der Waals surface area contributed by atoms with Crippen LogP contribution < -0.4 is 0 Å². The van der Waals surface area contributed by atoms with Crippen molar-refractivity contribution < 1.29 is 9.53 Å². The maximum absolute atomic E-state index is 11.1. The standard InChI is InChI=1S/C10H10BrClO2/c1-6-3-7(5-9(13)14-2)10(12)8(11)4-6/h3-4H,5H2,1-2H3. The zero-order chi connectivity index (χ0) is 10.7. The first-order chi connectivity index (χ1) is 6.54. The first kappa shape index (κ1) is 11.5. The van der Waals surface area contributed by atoms with Crippen LogP contribution in [0.1, 0.15) is 11.1 Å². The number of ether oxygens (including phenoxy) is 1. The van der Waals surface area contributed by atoms with Gasteiger partial charge in [-0.25, -0.2) is 0 Å². The van der Waals surface area contributed by atoms with Gasteiger partial charge in [-0.05, 0) is 40.0 Å². The van der Waals surface area contributed by atoms with Gasteiger partial charge in [0.2, 0.25) is 0 Å². The Morgan fingerprint density at radius 1 is 1.57 bits per heavy atom. The van der Waals surface area contributed by atoms with Crippen molar-refractivity contribution >= 4 is 33.5 Å². The number of rotatable bonds is 2. The summed E-state index contributed by atoms with van der Waals surface area (Å²) in [6.45, 7) is 1.95. The maximum atomic E-state index is 11.1. The van der Waals surface area contributed by atoms with E-state index in [0.29, 0.717) is 5.02 Å². The molecule has 1 aromatic carbocycles. The van der Waals surface area contributed by atoms with Crippen LogP contribution in [-0.2, 0) is 16.0 Å². The molecule has 0 unspecified atom stereocenters. The fraction of sp³-hybridized carbons (Fsp3) is 0.300. The van der Waals surface area contributed by atoms with Crippen LogP contribution in [0.5, 0.6) is 0 Å². The van der Waals surface area contributed by atoms with Gasteiger partial charge in [-0.1, -0.05) is 17.7 Å². The third-order valence-corrected chi connectivity index (χ3v) is 3.11. The van der Waals surface area contributed by atoms with Crippen LogP contribution in [-0.4, -0.2) is 13.1 Å². The molecule has 0 saturated carbocycles. The number of methoxy groups -OCH3 is 1. The molecule has 0 bridgehead atoms. The molecule has 0 spiro atoms. The number of carbonyl (C=O) groups excluding carboxylic acids is 1. The molecule has 14 heavy (non-hydrogen) atoms. The molecule has 0 aliphatic heterocycles. The van der Waals surface area contributed by atoms with E-state index in [2.05, 4.69) is 20.7 Å². The SMILES string of the molecule is COC(=O)Cc1cc(C)cc(Br)c1Cl. The minimum atomic E-state index is -0.288. The lowest BCUT2D eigenvalue weighted by atomic mass is 10.1. The second kappa shape index (κ2) is 4.80. The normalized spacial score (nSPS) is 10.0. The van der Waals surface area contributed by atoms with Gasteiger partial charge in [0.15, 0.2) is 0 Å². The Hall–Kier alpha value is -0.540. The van der Waals surface area contributed by atoms with Gasteiger partial charge in [0.25, 0.3) is 0 Å². The highest BCUT2D eigenvalue weighted by Crippen LogP contribution is 2.28. The topological polar surface area (TPSA) is 26.3 Å². The molecule has 0 atom stereocenters. The molecule has 1 aromatic rings. The Bertz CT molecular complexity index is 363. The second-order valence-corrected chi connectivity index (χ2v) is 4.21. The van der Waals surface area contributed by atoms with Crippen molar-refractivity contribution in [2.24, 2.45) is 0 Å². The van der Waals surface area contributed by atoms with Crippen LogP contribution in [0, 0.1) is 6.92 Å². The van der Waals surface area contributed by atoms with Crippen molar-refractivity contribution in [2.45, 2.75) is 13.3 Å². The van der Waals surface area contributed by atoms with Gasteiger partial charge < -0.3 is 4.74 Å². The van der Waals surface area contributed by atoms with Crippen molar-refractivity contribution in [1.82, 2.24) is 0 Å². The van der Waals surface area contributed by atoms with Gasteiger partial charge in [0.1, 0.15) is 0 Å². The van der Waals surface area contributed by atoms with Crippen molar-refractivity contribution in [3.05, 3.63) is 32.8 Å². The van der Waals surface area contributed by atoms with Crippen molar-refractivity contribution in [3.63, 3.8) is 0 Å². The predicted molar refractivity (Wildman–Crippen MR) is 59.6 cm³/mol. The highest BCUT2D eigenvalue weighted by molar-refractivity contribution is 9.10. The monoisotopic (exact) mass is 276 g/mol. The van der Waals surface area contributed by atoms with Crippen LogP contribution in [0.15, 0.2) is 16.6 Å². The lowest BCUT2D eigenvalue weighted by molar-refractivity contribution is -0.139. The number of esters is 1. The molecule has 4 heteroatoms. The Morgan fingerprint density at radius 3 is 2.79 bits per heavy atom. The van der Waals surface area contributed by atoms with Crippen molar-refractivity contribution in [1.29, 1.82) is 0 Å². The van der Waals surface area contributed by atoms with E-state index in [-0.39, 0.29) is 12.4 Å². The molecule has 76 valence electrons. The summed E-state index contributed by atoms with van der Waals surface area (Å²) < 4.78 is 5.38. The Labute approximate surface area is 96.3 Å². The quantitative estimate of drug-likeness (QED) is 0.776. The summed E-state index contributed by atoms with van der Waals surface area (Å²) in [4.78, 5) is 11.1. The predicted octanol–water partition coefficient (Wildman–Crippen LogP) is 3.13. The van der Waals surface area contributed by atoms with E-state index in [9.17, 15) is 4.79 Å². The molecule has 0 saturated heterocycles. The van der Waals surface area contributed by atoms with Crippen LogP contribution in [0.25, 0.3) is 0 Å². The molecule has 0 aliphatic carbocycles. The third-order valence-electron chi connectivity index (χ3n) is 1.81. The van der Waals surface area contributed by atoms with Gasteiger partial charge in [0.05, 0.1) is 18.6 Å². The fourth-order valence-corrected chi connectivity index (χ4v) is 1.94. The summed E-state index contributed by atoms with van der Waals surface area (Å²) in [5.41, 5.74) is 1.84. The summed E-state index contributed by atoms with van der Waals surface area (Å²) in [5, 5.41) is 0.570. The van der Waals surface area contributed by atoms with Gasteiger partial charge in [0, 0.05) is 4.47 Å². The first-order valence-corrected chi connectivity index (χ1v) is 5.23. The Kier molecular flexibility index (Phi) is 3.96. The highest BCUT2D eigenvalue weighted by atomic mass is 79.9. The molecule has 0 aliphatic rings. The largest absolute Gasteiger partial charge is 0.469 e. The van der Waals surface area contributed by atoms with Gasteiger partial charge in [-0.2, -0.15) is 0 Å². The van der Waals surface area contributed by atoms with E-state index in [0.717, 1.165) is 15.6 Å². The van der Waals surface area contributed by atoms with Crippen LogP contribution in [0.3, 0.4) is 0 Å². The number of halogens is 2. The van der Waals surface area contributed by atoms with Crippen molar-refractivity contribution in [2.75, 3.05) is 7.11 Å². The van der Waals surface area contributed by atoms with Crippen LogP contribution in [0.4, 0.5) is 0 Å². The molecule has 0 radical (unpaired) electrons. The number of hydrogen-bond acceptors (Lipinski definition) is 2. The molecule has 2 nitrogen and oxygen atoms in total. The summed E-state index contributed by atoms with van der Waals surface area (Å²) >= 11 is 9.34. The molecule has 0 aromatic heterocycles. The number of benzene rings is 1. The molecule has 0 N–H and O–H groups in total. The summed E-state index contributed by atoms with van der Waals surface area (Å²) in [6, 6.07) is 3.78. The van der Waals surface area contributed by atoms with Crippen molar-refractivity contribution in [3.8, 4) is 0 Å². The Morgan fingerprint density at radius 2 is 2.21 bits per heavy atom. The summed E-state index contributed by atoms with van der Waals surface area (Å²) in [6.07, 6.45) is 0.204. The summed E-state index contributed by atoms with van der Waals surface area (Å²) in [5.74, 6) is -0.288.